The van der Waals surface area contributed by atoms with E-state index in [1.54, 1.807) is 23.2 Å². The predicted molar refractivity (Wildman–Crippen MR) is 106 cm³/mol. The quantitative estimate of drug-likeness (QED) is 0.524. The van der Waals surface area contributed by atoms with Gasteiger partial charge in [-0.25, -0.2) is 4.98 Å². The molecule has 146 valence electrons. The molecule has 10 nitrogen and oxygen atoms in total. The maximum Gasteiger partial charge on any atom is 0.259 e. The molecule has 1 aromatic carbocycles. The van der Waals surface area contributed by atoms with Gasteiger partial charge in [-0.05, 0) is 25.1 Å². The molecule has 0 aliphatic carbocycles. The first-order valence-electron chi connectivity index (χ1n) is 8.87. The van der Waals surface area contributed by atoms with Crippen molar-refractivity contribution in [3.8, 4) is 29.0 Å². The second-order valence-electron chi connectivity index (χ2n) is 5.95. The Balaban J connectivity index is 1.63. The molecule has 0 spiro atoms. The maximum absolute atomic E-state index is 5.88. The van der Waals surface area contributed by atoms with E-state index in [-0.39, 0.29) is 23.5 Å². The average Bonchev–Trinajstić information content (AvgIpc) is 3.24. The van der Waals surface area contributed by atoms with Gasteiger partial charge >= 0.3 is 0 Å². The maximum atomic E-state index is 5.88. The Morgan fingerprint density at radius 3 is 2.55 bits per heavy atom. The van der Waals surface area contributed by atoms with E-state index in [1.807, 2.05) is 44.3 Å². The van der Waals surface area contributed by atoms with Crippen molar-refractivity contribution < 1.29 is 9.26 Å². The van der Waals surface area contributed by atoms with Crippen molar-refractivity contribution in [2.45, 2.75) is 6.92 Å². The molecular formula is C19H18N8O2. The van der Waals surface area contributed by atoms with Gasteiger partial charge in [-0.1, -0.05) is 23.4 Å². The standard InChI is InChI=1S/C19H18N8O2/c1-3-28-14-10-9-12(11-21-14)17-22-16(26-29-17)15-23-18(20)25-19(24-15)27(2)13-7-5-4-6-8-13/h4-11H,3H2,1-2H3,(H2,20,23,24,25). The highest BCUT2D eigenvalue weighted by Gasteiger charge is 2.17. The van der Waals surface area contributed by atoms with Gasteiger partial charge in [0.2, 0.25) is 29.4 Å². The fraction of sp³-hybridized carbons (Fsp3) is 0.158. The number of hydrogen-bond donors (Lipinski definition) is 1. The molecule has 0 aliphatic rings. The van der Waals surface area contributed by atoms with Gasteiger partial charge in [-0.3, -0.25) is 0 Å². The highest BCUT2D eigenvalue weighted by molar-refractivity contribution is 5.60. The van der Waals surface area contributed by atoms with Crippen LogP contribution in [0.1, 0.15) is 6.92 Å². The van der Waals surface area contributed by atoms with E-state index < -0.39 is 0 Å². The zero-order chi connectivity index (χ0) is 20.2. The lowest BCUT2D eigenvalue weighted by molar-refractivity contribution is 0.327. The molecule has 0 amide bonds. The first-order valence-corrected chi connectivity index (χ1v) is 8.87. The van der Waals surface area contributed by atoms with Crippen LogP contribution in [0.15, 0.2) is 53.2 Å². The third-order valence-corrected chi connectivity index (χ3v) is 3.99. The summed E-state index contributed by atoms with van der Waals surface area (Å²) >= 11 is 0. The van der Waals surface area contributed by atoms with Crippen LogP contribution >= 0.6 is 0 Å². The minimum atomic E-state index is 0.0573. The molecule has 0 bridgehead atoms. The van der Waals surface area contributed by atoms with Gasteiger partial charge < -0.3 is 19.9 Å². The van der Waals surface area contributed by atoms with Crippen LogP contribution in [0, 0.1) is 0 Å². The molecule has 0 radical (unpaired) electrons. The average molecular weight is 390 g/mol. The topological polar surface area (TPSA) is 129 Å². The lowest BCUT2D eigenvalue weighted by atomic mass is 10.3. The number of rotatable bonds is 6. The summed E-state index contributed by atoms with van der Waals surface area (Å²) in [6, 6.07) is 13.2. The lowest BCUT2D eigenvalue weighted by Gasteiger charge is -2.17. The number of nitrogens with zero attached hydrogens (tertiary/aromatic N) is 7. The van der Waals surface area contributed by atoms with Gasteiger partial charge in [0, 0.05) is 25.0 Å². The molecule has 4 aromatic rings. The number of pyridine rings is 1. The first-order chi connectivity index (χ1) is 14.1. The number of nitrogen functional groups attached to an aromatic ring is 1. The van der Waals surface area contributed by atoms with Crippen molar-refractivity contribution in [1.82, 2.24) is 30.1 Å². The van der Waals surface area contributed by atoms with Crippen LogP contribution in [0.2, 0.25) is 0 Å². The van der Waals surface area contributed by atoms with Crippen LogP contribution < -0.4 is 15.4 Å². The van der Waals surface area contributed by atoms with Gasteiger partial charge in [0.25, 0.3) is 5.89 Å². The van der Waals surface area contributed by atoms with Gasteiger partial charge in [0.1, 0.15) is 0 Å². The summed E-state index contributed by atoms with van der Waals surface area (Å²) < 4.78 is 10.7. The van der Waals surface area contributed by atoms with Crippen molar-refractivity contribution in [3.05, 3.63) is 48.7 Å². The molecule has 0 fully saturated rings. The Hall–Kier alpha value is -4.08. The summed E-state index contributed by atoms with van der Waals surface area (Å²) in [6.07, 6.45) is 1.60. The number of nitrogens with two attached hydrogens (primary N) is 1. The molecule has 29 heavy (non-hydrogen) atoms. The monoisotopic (exact) mass is 390 g/mol. The number of hydrogen-bond acceptors (Lipinski definition) is 10. The number of aromatic nitrogens is 6. The van der Waals surface area contributed by atoms with Gasteiger partial charge in [-0.15, -0.1) is 0 Å². The largest absolute Gasteiger partial charge is 0.478 e. The van der Waals surface area contributed by atoms with Gasteiger partial charge in [0.15, 0.2) is 0 Å². The van der Waals surface area contributed by atoms with E-state index in [9.17, 15) is 0 Å². The van der Waals surface area contributed by atoms with Crippen molar-refractivity contribution in [2.75, 3.05) is 24.3 Å². The Bertz CT molecular complexity index is 1100. The fourth-order valence-corrected chi connectivity index (χ4v) is 2.57. The van der Waals surface area contributed by atoms with Gasteiger partial charge in [0.05, 0.1) is 12.2 Å². The normalized spacial score (nSPS) is 10.7. The highest BCUT2D eigenvalue weighted by Crippen LogP contribution is 2.24. The Kier molecular flexibility index (Phi) is 4.97. The summed E-state index contributed by atoms with van der Waals surface area (Å²) in [4.78, 5) is 23.1. The van der Waals surface area contributed by atoms with E-state index in [1.165, 1.54) is 0 Å². The third-order valence-electron chi connectivity index (χ3n) is 3.99. The SMILES string of the molecule is CCOc1ccc(-c2nc(-c3nc(N)nc(N(C)c4ccccc4)n3)no2)cn1. The van der Waals surface area contributed by atoms with Crippen LogP contribution in [-0.4, -0.2) is 43.7 Å². The van der Waals surface area contributed by atoms with Crippen LogP contribution in [0.3, 0.4) is 0 Å². The number of ether oxygens (including phenoxy) is 1. The van der Waals surface area contributed by atoms with Crippen LogP contribution in [0.5, 0.6) is 5.88 Å². The molecular weight excluding hydrogens is 372 g/mol. The summed E-state index contributed by atoms with van der Waals surface area (Å²) in [7, 11) is 1.83. The smallest absolute Gasteiger partial charge is 0.259 e. The second-order valence-corrected chi connectivity index (χ2v) is 5.95. The third kappa shape index (κ3) is 3.95. The van der Waals surface area contributed by atoms with Crippen molar-refractivity contribution in [2.24, 2.45) is 0 Å². The van der Waals surface area contributed by atoms with E-state index >= 15 is 0 Å². The zero-order valence-corrected chi connectivity index (χ0v) is 15.9. The predicted octanol–water partition coefficient (Wildman–Crippen LogP) is 2.73. The van der Waals surface area contributed by atoms with E-state index in [4.69, 9.17) is 15.0 Å². The second kappa shape index (κ2) is 7.89. The molecule has 0 aliphatic heterocycles. The molecule has 3 heterocycles. The highest BCUT2D eigenvalue weighted by atomic mass is 16.5. The Morgan fingerprint density at radius 1 is 1.00 bits per heavy atom. The minimum Gasteiger partial charge on any atom is -0.478 e. The van der Waals surface area contributed by atoms with E-state index in [2.05, 4.69) is 30.1 Å². The number of anilines is 3. The molecule has 2 N–H and O–H groups in total. The van der Waals surface area contributed by atoms with E-state index in [0.717, 1.165) is 5.69 Å². The van der Waals surface area contributed by atoms with Crippen LogP contribution in [-0.2, 0) is 0 Å². The summed E-state index contributed by atoms with van der Waals surface area (Å²) in [5.41, 5.74) is 7.43. The first kappa shape index (κ1) is 18.3. The molecule has 0 unspecified atom stereocenters. The Morgan fingerprint density at radius 2 is 1.83 bits per heavy atom. The summed E-state index contributed by atoms with van der Waals surface area (Å²) in [5, 5.41) is 3.96. The van der Waals surface area contributed by atoms with Crippen LogP contribution in [0.4, 0.5) is 17.6 Å². The van der Waals surface area contributed by atoms with Crippen LogP contribution in [0.25, 0.3) is 23.1 Å². The lowest BCUT2D eigenvalue weighted by Crippen LogP contribution is -2.15. The zero-order valence-electron chi connectivity index (χ0n) is 15.9. The molecule has 0 saturated heterocycles. The number of para-hydroxylation sites is 1. The molecule has 4 rings (SSSR count). The molecule has 0 saturated carbocycles. The van der Waals surface area contributed by atoms with Gasteiger partial charge in [-0.2, -0.15) is 19.9 Å². The van der Waals surface area contributed by atoms with Crippen molar-refractivity contribution in [3.63, 3.8) is 0 Å². The fourth-order valence-electron chi connectivity index (χ4n) is 2.57. The molecule has 3 aromatic heterocycles. The van der Waals surface area contributed by atoms with Crippen molar-refractivity contribution >= 4 is 17.6 Å². The molecule has 10 heteroatoms. The van der Waals surface area contributed by atoms with Crippen molar-refractivity contribution in [1.29, 1.82) is 0 Å². The number of benzene rings is 1. The summed E-state index contributed by atoms with van der Waals surface area (Å²) in [5.74, 6) is 1.65. The summed E-state index contributed by atoms with van der Waals surface area (Å²) in [6.45, 7) is 2.43. The molecule has 0 atom stereocenters. The van der Waals surface area contributed by atoms with E-state index in [0.29, 0.717) is 24.0 Å². The Labute approximate surface area is 166 Å². The minimum absolute atomic E-state index is 0.0573.